The largest absolute Gasteiger partial charge is 0.313 e. The molecule has 0 saturated carbocycles. The number of fused-ring (bicyclic) bond motifs is 1. The van der Waals surface area contributed by atoms with E-state index in [4.69, 9.17) is 5.26 Å². The van der Waals surface area contributed by atoms with E-state index < -0.39 is 0 Å². The van der Waals surface area contributed by atoms with Crippen LogP contribution in [0, 0.1) is 11.3 Å². The molecule has 0 heterocycles. The van der Waals surface area contributed by atoms with Gasteiger partial charge in [0.05, 0.1) is 11.6 Å². The maximum Gasteiger partial charge on any atom is 0.0995 e. The van der Waals surface area contributed by atoms with Crippen molar-refractivity contribution in [2.75, 3.05) is 7.05 Å². The highest BCUT2D eigenvalue weighted by Gasteiger charge is 2.23. The molecule has 1 aliphatic carbocycles. The summed E-state index contributed by atoms with van der Waals surface area (Å²) in [6.07, 6.45) is 2.21. The number of hydrogen-bond donors (Lipinski definition) is 1. The summed E-state index contributed by atoms with van der Waals surface area (Å²) in [5.74, 6) is 0. The minimum atomic E-state index is 0.380. The van der Waals surface area contributed by atoms with Gasteiger partial charge in [0.1, 0.15) is 0 Å². The number of aryl methyl sites for hydroxylation is 1. The Bertz CT molecular complexity index is 363. The van der Waals surface area contributed by atoms with Crippen molar-refractivity contribution in [3.63, 3.8) is 0 Å². The van der Waals surface area contributed by atoms with E-state index in [1.54, 1.807) is 0 Å². The van der Waals surface area contributed by atoms with E-state index >= 15 is 0 Å². The van der Waals surface area contributed by atoms with E-state index in [0.29, 0.717) is 6.04 Å². The van der Waals surface area contributed by atoms with E-state index in [0.717, 1.165) is 18.4 Å². The zero-order valence-electron chi connectivity index (χ0n) is 7.67. The van der Waals surface area contributed by atoms with Crippen LogP contribution in [0.3, 0.4) is 0 Å². The number of rotatable bonds is 1. The standard InChI is InChI=1S/C11H12N2/c1-13-10-6-5-8-3-2-4-9(7-12)11(8)10/h2-4,10,13H,5-6H2,1H3. The van der Waals surface area contributed by atoms with Crippen LogP contribution < -0.4 is 5.32 Å². The van der Waals surface area contributed by atoms with Crippen LogP contribution in [0.5, 0.6) is 0 Å². The summed E-state index contributed by atoms with van der Waals surface area (Å²) < 4.78 is 0. The van der Waals surface area contributed by atoms with Crippen LogP contribution in [0.1, 0.15) is 29.2 Å². The summed E-state index contributed by atoms with van der Waals surface area (Å²) in [5, 5.41) is 12.2. The summed E-state index contributed by atoms with van der Waals surface area (Å²) in [7, 11) is 1.95. The molecule has 0 aliphatic heterocycles. The van der Waals surface area contributed by atoms with Crippen molar-refractivity contribution in [1.82, 2.24) is 5.32 Å². The summed E-state index contributed by atoms with van der Waals surface area (Å²) in [6, 6.07) is 8.62. The Morgan fingerprint density at radius 1 is 1.54 bits per heavy atom. The molecule has 1 N–H and O–H groups in total. The van der Waals surface area contributed by atoms with Crippen LogP contribution in [-0.2, 0) is 6.42 Å². The molecule has 0 radical (unpaired) electrons. The SMILES string of the molecule is CNC1CCc2cccc(C#N)c21. The summed E-state index contributed by atoms with van der Waals surface area (Å²) in [5.41, 5.74) is 3.38. The molecule has 0 aromatic heterocycles. The Morgan fingerprint density at radius 3 is 3.08 bits per heavy atom. The van der Waals surface area contributed by atoms with Crippen molar-refractivity contribution in [3.8, 4) is 6.07 Å². The number of nitriles is 1. The molecular weight excluding hydrogens is 160 g/mol. The van der Waals surface area contributed by atoms with E-state index in [9.17, 15) is 0 Å². The summed E-state index contributed by atoms with van der Waals surface area (Å²) in [4.78, 5) is 0. The van der Waals surface area contributed by atoms with E-state index in [-0.39, 0.29) is 0 Å². The lowest BCUT2D eigenvalue weighted by atomic mass is 10.0. The molecule has 0 spiro atoms. The topological polar surface area (TPSA) is 35.8 Å². The third-order valence-electron chi connectivity index (χ3n) is 2.72. The molecule has 1 aromatic carbocycles. The number of benzene rings is 1. The molecule has 2 nitrogen and oxygen atoms in total. The second kappa shape index (κ2) is 3.20. The molecule has 0 bridgehead atoms. The molecule has 0 amide bonds. The lowest BCUT2D eigenvalue weighted by Crippen LogP contribution is -2.13. The van der Waals surface area contributed by atoms with E-state index in [1.165, 1.54) is 11.1 Å². The highest BCUT2D eigenvalue weighted by atomic mass is 14.9. The Morgan fingerprint density at radius 2 is 2.38 bits per heavy atom. The van der Waals surface area contributed by atoms with E-state index in [1.807, 2.05) is 19.2 Å². The van der Waals surface area contributed by atoms with Crippen LogP contribution in [0.15, 0.2) is 18.2 Å². The van der Waals surface area contributed by atoms with Gasteiger partial charge in [0.2, 0.25) is 0 Å². The maximum absolute atomic E-state index is 8.94. The molecule has 1 aromatic rings. The summed E-state index contributed by atoms with van der Waals surface area (Å²) in [6.45, 7) is 0. The molecule has 66 valence electrons. The van der Waals surface area contributed by atoms with Crippen molar-refractivity contribution in [2.24, 2.45) is 0 Å². The first-order valence-corrected chi connectivity index (χ1v) is 4.56. The van der Waals surface area contributed by atoms with Gasteiger partial charge in [0.15, 0.2) is 0 Å². The average molecular weight is 172 g/mol. The lowest BCUT2D eigenvalue weighted by Gasteiger charge is -2.10. The number of nitrogens with one attached hydrogen (secondary N) is 1. The molecule has 1 unspecified atom stereocenters. The van der Waals surface area contributed by atoms with Crippen molar-refractivity contribution < 1.29 is 0 Å². The van der Waals surface area contributed by atoms with Crippen molar-refractivity contribution >= 4 is 0 Å². The van der Waals surface area contributed by atoms with Crippen LogP contribution in [0.2, 0.25) is 0 Å². The summed E-state index contributed by atoms with van der Waals surface area (Å²) >= 11 is 0. The second-order valence-corrected chi connectivity index (χ2v) is 3.37. The van der Waals surface area contributed by atoms with Crippen LogP contribution in [0.4, 0.5) is 0 Å². The Hall–Kier alpha value is -1.33. The monoisotopic (exact) mass is 172 g/mol. The van der Waals surface area contributed by atoms with Gasteiger partial charge in [-0.25, -0.2) is 0 Å². The highest BCUT2D eigenvalue weighted by Crippen LogP contribution is 2.32. The molecule has 13 heavy (non-hydrogen) atoms. The van der Waals surface area contributed by atoms with Gasteiger partial charge >= 0.3 is 0 Å². The maximum atomic E-state index is 8.94. The normalized spacial score (nSPS) is 19.5. The van der Waals surface area contributed by atoms with Crippen molar-refractivity contribution in [2.45, 2.75) is 18.9 Å². The first kappa shape index (κ1) is 8.28. The quantitative estimate of drug-likeness (QED) is 0.700. The zero-order chi connectivity index (χ0) is 9.26. The van der Waals surface area contributed by atoms with Gasteiger partial charge < -0.3 is 5.32 Å². The van der Waals surface area contributed by atoms with Crippen LogP contribution in [0.25, 0.3) is 0 Å². The highest BCUT2D eigenvalue weighted by molar-refractivity contribution is 5.47. The Labute approximate surface area is 78.2 Å². The lowest BCUT2D eigenvalue weighted by molar-refractivity contribution is 0.589. The second-order valence-electron chi connectivity index (χ2n) is 3.37. The average Bonchev–Trinajstić information content (AvgIpc) is 2.60. The van der Waals surface area contributed by atoms with Crippen LogP contribution >= 0.6 is 0 Å². The third kappa shape index (κ3) is 1.22. The molecule has 1 aliphatic rings. The van der Waals surface area contributed by atoms with Gasteiger partial charge in [0.25, 0.3) is 0 Å². The van der Waals surface area contributed by atoms with E-state index in [2.05, 4.69) is 17.5 Å². The van der Waals surface area contributed by atoms with Gasteiger partial charge in [-0.1, -0.05) is 12.1 Å². The van der Waals surface area contributed by atoms with Gasteiger partial charge in [0, 0.05) is 6.04 Å². The third-order valence-corrected chi connectivity index (χ3v) is 2.72. The predicted octanol–water partition coefficient (Wildman–Crippen LogP) is 1.76. The molecule has 0 saturated heterocycles. The fraction of sp³-hybridized carbons (Fsp3) is 0.364. The first-order chi connectivity index (χ1) is 6.36. The molecule has 2 heteroatoms. The minimum absolute atomic E-state index is 0.380. The van der Waals surface area contributed by atoms with Crippen molar-refractivity contribution in [3.05, 3.63) is 34.9 Å². The van der Waals surface area contributed by atoms with Crippen LogP contribution in [-0.4, -0.2) is 7.05 Å². The molecule has 2 rings (SSSR count). The smallest absolute Gasteiger partial charge is 0.0995 e. The Balaban J connectivity index is 2.54. The Kier molecular flexibility index (Phi) is 2.03. The van der Waals surface area contributed by atoms with Crippen molar-refractivity contribution in [1.29, 1.82) is 5.26 Å². The minimum Gasteiger partial charge on any atom is -0.313 e. The number of nitrogens with zero attached hydrogens (tertiary/aromatic N) is 1. The van der Waals surface area contributed by atoms with Gasteiger partial charge in [-0.15, -0.1) is 0 Å². The molecule has 0 fully saturated rings. The fourth-order valence-electron chi connectivity index (χ4n) is 2.07. The van der Waals surface area contributed by atoms with Gasteiger partial charge in [-0.3, -0.25) is 0 Å². The molecular formula is C11H12N2. The molecule has 1 atom stereocenters. The zero-order valence-corrected chi connectivity index (χ0v) is 7.67. The fourth-order valence-corrected chi connectivity index (χ4v) is 2.07. The first-order valence-electron chi connectivity index (χ1n) is 4.56. The predicted molar refractivity (Wildman–Crippen MR) is 51.3 cm³/mol. The van der Waals surface area contributed by atoms with Gasteiger partial charge in [-0.2, -0.15) is 5.26 Å². The van der Waals surface area contributed by atoms with Gasteiger partial charge in [-0.05, 0) is 37.1 Å². The number of hydrogen-bond acceptors (Lipinski definition) is 2.